The van der Waals surface area contributed by atoms with Gasteiger partial charge in [0.2, 0.25) is 10.0 Å². The van der Waals surface area contributed by atoms with Crippen molar-refractivity contribution in [3.63, 3.8) is 0 Å². The van der Waals surface area contributed by atoms with Crippen LogP contribution in [0.15, 0.2) is 59.5 Å². The largest absolute Gasteiger partial charge is 0.497 e. The van der Waals surface area contributed by atoms with Crippen molar-refractivity contribution in [1.82, 2.24) is 4.31 Å². The van der Waals surface area contributed by atoms with Crippen molar-refractivity contribution < 1.29 is 23.1 Å². The maximum Gasteiger partial charge on any atom is 0.322 e. The van der Waals surface area contributed by atoms with Crippen LogP contribution < -0.4 is 4.74 Å². The van der Waals surface area contributed by atoms with Gasteiger partial charge < -0.3 is 9.84 Å². The zero-order valence-electron chi connectivity index (χ0n) is 15.0. The summed E-state index contributed by atoms with van der Waals surface area (Å²) in [5, 5.41) is 9.66. The molecule has 0 heterocycles. The maximum absolute atomic E-state index is 13.2. The highest BCUT2D eigenvalue weighted by Crippen LogP contribution is 2.26. The number of carbonyl (C=O) groups is 1. The second-order valence-corrected chi connectivity index (χ2v) is 8.13. The molecule has 2 aromatic carbocycles. The SMILES string of the molecule is COc1ccc(S(=O)(=O)N(Cc2ccccc2)C(C(=O)O)C(C)C)cc1. The van der Waals surface area contributed by atoms with Gasteiger partial charge in [0.15, 0.2) is 0 Å². The highest BCUT2D eigenvalue weighted by molar-refractivity contribution is 7.89. The Morgan fingerprint density at radius 2 is 1.65 bits per heavy atom. The molecule has 0 aliphatic rings. The third-order valence-electron chi connectivity index (χ3n) is 4.04. The van der Waals surface area contributed by atoms with Crippen LogP contribution in [0, 0.1) is 5.92 Å². The molecule has 6 nitrogen and oxygen atoms in total. The van der Waals surface area contributed by atoms with Gasteiger partial charge in [-0.3, -0.25) is 4.79 Å². The fourth-order valence-electron chi connectivity index (χ4n) is 2.72. The Morgan fingerprint density at radius 1 is 1.08 bits per heavy atom. The van der Waals surface area contributed by atoms with Crippen LogP contribution in [0.1, 0.15) is 19.4 Å². The van der Waals surface area contributed by atoms with E-state index in [4.69, 9.17) is 4.74 Å². The molecule has 0 bridgehead atoms. The van der Waals surface area contributed by atoms with Crippen molar-refractivity contribution in [2.45, 2.75) is 31.3 Å². The molecule has 0 fully saturated rings. The second-order valence-electron chi connectivity index (χ2n) is 6.24. The lowest BCUT2D eigenvalue weighted by Crippen LogP contribution is -2.47. The van der Waals surface area contributed by atoms with E-state index in [0.717, 1.165) is 9.87 Å². The number of carboxylic acids is 1. The molecule has 0 radical (unpaired) electrons. The van der Waals surface area contributed by atoms with Crippen LogP contribution in [-0.2, 0) is 21.4 Å². The number of aliphatic carboxylic acids is 1. The molecule has 0 aliphatic heterocycles. The third kappa shape index (κ3) is 4.42. The summed E-state index contributed by atoms with van der Waals surface area (Å²) < 4.78 is 32.5. The Hall–Kier alpha value is -2.38. The van der Waals surface area contributed by atoms with Gasteiger partial charge in [0.1, 0.15) is 11.8 Å². The van der Waals surface area contributed by atoms with Crippen LogP contribution in [0.4, 0.5) is 0 Å². The Morgan fingerprint density at radius 3 is 2.12 bits per heavy atom. The van der Waals surface area contributed by atoms with Gasteiger partial charge in [-0.1, -0.05) is 44.2 Å². The fourth-order valence-corrected chi connectivity index (χ4v) is 4.42. The molecule has 140 valence electrons. The summed E-state index contributed by atoms with van der Waals surface area (Å²) in [7, 11) is -2.53. The Kier molecular flexibility index (Phi) is 6.39. The monoisotopic (exact) mass is 377 g/mol. The fraction of sp³-hybridized carbons (Fsp3) is 0.316. The average molecular weight is 377 g/mol. The van der Waals surface area contributed by atoms with E-state index in [1.165, 1.54) is 19.2 Å². The van der Waals surface area contributed by atoms with Crippen LogP contribution in [0.5, 0.6) is 5.75 Å². The standard InChI is InChI=1S/C19H23NO5S/c1-14(2)18(19(21)22)20(13-15-7-5-4-6-8-15)26(23,24)17-11-9-16(25-3)10-12-17/h4-12,14,18H,13H2,1-3H3,(H,21,22). The lowest BCUT2D eigenvalue weighted by Gasteiger charge is -2.30. The van der Waals surface area contributed by atoms with Gasteiger partial charge in [0.05, 0.1) is 12.0 Å². The highest BCUT2D eigenvalue weighted by Gasteiger charge is 2.38. The molecule has 0 aliphatic carbocycles. The number of rotatable bonds is 8. The number of hydrogen-bond donors (Lipinski definition) is 1. The van der Waals surface area contributed by atoms with Gasteiger partial charge in [-0.2, -0.15) is 4.31 Å². The summed E-state index contributed by atoms with van der Waals surface area (Å²) in [5.74, 6) is -1.05. The van der Waals surface area contributed by atoms with Crippen LogP contribution >= 0.6 is 0 Å². The molecule has 1 N–H and O–H groups in total. The van der Waals surface area contributed by atoms with Crippen molar-refractivity contribution in [2.75, 3.05) is 7.11 Å². The quantitative estimate of drug-likeness (QED) is 0.764. The van der Waals surface area contributed by atoms with E-state index in [1.54, 1.807) is 50.2 Å². The lowest BCUT2D eigenvalue weighted by atomic mass is 10.0. The first-order chi connectivity index (χ1) is 12.3. The minimum atomic E-state index is -4.02. The Labute approximate surface area is 154 Å². The number of hydrogen-bond acceptors (Lipinski definition) is 4. The smallest absolute Gasteiger partial charge is 0.322 e. The number of benzene rings is 2. The zero-order chi connectivity index (χ0) is 19.3. The summed E-state index contributed by atoms with van der Waals surface area (Å²) >= 11 is 0. The van der Waals surface area contributed by atoms with Crippen molar-refractivity contribution in [3.8, 4) is 5.75 Å². The van der Waals surface area contributed by atoms with Gasteiger partial charge in [0, 0.05) is 6.54 Å². The lowest BCUT2D eigenvalue weighted by molar-refractivity contribution is -0.143. The number of carboxylic acid groups (broad SMARTS) is 1. The maximum atomic E-state index is 13.2. The van der Waals surface area contributed by atoms with Crippen LogP contribution in [0.3, 0.4) is 0 Å². The summed E-state index contributed by atoms with van der Waals surface area (Å²) in [5.41, 5.74) is 0.719. The zero-order valence-corrected chi connectivity index (χ0v) is 15.8. The highest BCUT2D eigenvalue weighted by atomic mass is 32.2. The molecule has 0 aromatic heterocycles. The van der Waals surface area contributed by atoms with Gasteiger partial charge in [-0.05, 0) is 35.7 Å². The molecule has 0 saturated carbocycles. The number of methoxy groups -OCH3 is 1. The predicted molar refractivity (Wildman–Crippen MR) is 98.4 cm³/mol. The molecular formula is C19H23NO5S. The van der Waals surface area contributed by atoms with E-state index in [-0.39, 0.29) is 11.4 Å². The van der Waals surface area contributed by atoms with Crippen molar-refractivity contribution in [2.24, 2.45) is 5.92 Å². The molecule has 0 spiro atoms. The van der Waals surface area contributed by atoms with Crippen LogP contribution in [0.25, 0.3) is 0 Å². The van der Waals surface area contributed by atoms with Gasteiger partial charge >= 0.3 is 5.97 Å². The predicted octanol–water partition coefficient (Wildman–Crippen LogP) is 3.00. The van der Waals surface area contributed by atoms with Gasteiger partial charge in [-0.25, -0.2) is 8.42 Å². The first-order valence-electron chi connectivity index (χ1n) is 8.20. The molecule has 7 heteroatoms. The summed E-state index contributed by atoms with van der Waals surface area (Å²) in [6.07, 6.45) is 0. The summed E-state index contributed by atoms with van der Waals surface area (Å²) in [6, 6.07) is 13.7. The molecule has 0 amide bonds. The minimum Gasteiger partial charge on any atom is -0.497 e. The molecule has 1 unspecified atom stereocenters. The first-order valence-corrected chi connectivity index (χ1v) is 9.64. The minimum absolute atomic E-state index is 0.0235. The van der Waals surface area contributed by atoms with E-state index in [9.17, 15) is 18.3 Å². The van der Waals surface area contributed by atoms with E-state index >= 15 is 0 Å². The normalized spacial score (nSPS) is 13.0. The van der Waals surface area contributed by atoms with Crippen molar-refractivity contribution in [3.05, 3.63) is 60.2 Å². The van der Waals surface area contributed by atoms with E-state index < -0.39 is 28.0 Å². The molecular weight excluding hydrogens is 354 g/mol. The van der Waals surface area contributed by atoms with E-state index in [2.05, 4.69) is 0 Å². The first kappa shape index (κ1) is 19.9. The molecule has 2 aromatic rings. The summed E-state index contributed by atoms with van der Waals surface area (Å²) in [4.78, 5) is 11.9. The van der Waals surface area contributed by atoms with Crippen molar-refractivity contribution >= 4 is 16.0 Å². The summed E-state index contributed by atoms with van der Waals surface area (Å²) in [6.45, 7) is 3.37. The van der Waals surface area contributed by atoms with Crippen LogP contribution in [-0.4, -0.2) is 37.0 Å². The van der Waals surface area contributed by atoms with Crippen molar-refractivity contribution in [1.29, 1.82) is 0 Å². The molecule has 26 heavy (non-hydrogen) atoms. The number of sulfonamides is 1. The van der Waals surface area contributed by atoms with E-state index in [1.807, 2.05) is 6.07 Å². The van der Waals surface area contributed by atoms with E-state index in [0.29, 0.717) is 5.75 Å². The Bertz CT molecular complexity index is 832. The molecule has 1 atom stereocenters. The molecule has 0 saturated heterocycles. The average Bonchev–Trinajstić information content (AvgIpc) is 2.61. The molecule has 2 rings (SSSR count). The second kappa shape index (κ2) is 8.33. The topological polar surface area (TPSA) is 83.9 Å². The Balaban J connectivity index is 2.51. The van der Waals surface area contributed by atoms with Gasteiger partial charge in [-0.15, -0.1) is 0 Å². The third-order valence-corrected chi connectivity index (χ3v) is 5.88. The number of ether oxygens (including phenoxy) is 1. The number of nitrogens with zero attached hydrogens (tertiary/aromatic N) is 1. The van der Waals surface area contributed by atoms with Gasteiger partial charge in [0.25, 0.3) is 0 Å². The van der Waals surface area contributed by atoms with Crippen LogP contribution in [0.2, 0.25) is 0 Å².